The quantitative estimate of drug-likeness (QED) is 0.295. The Balaban J connectivity index is 2.14. The van der Waals surface area contributed by atoms with Gasteiger partial charge >= 0.3 is 21.2 Å². The lowest BCUT2D eigenvalue weighted by molar-refractivity contribution is 0.0697. The summed E-state index contributed by atoms with van der Waals surface area (Å²) in [5, 5.41) is 9.49. The molecule has 1 aliphatic heterocycles. The number of anilines is 2. The van der Waals surface area contributed by atoms with Crippen molar-refractivity contribution in [2.45, 2.75) is 11.7 Å². The number of hydrogen-bond donors (Lipinski definition) is 5. The monoisotopic (exact) mass is 364 g/mol. The zero-order valence-electron chi connectivity index (χ0n) is 12.9. The highest BCUT2D eigenvalue weighted by molar-refractivity contribution is 7.87. The molecule has 0 aromatic heterocycles. The molecule has 2 aromatic carbocycles. The van der Waals surface area contributed by atoms with Gasteiger partial charge in [0.15, 0.2) is 0 Å². The summed E-state index contributed by atoms with van der Waals surface area (Å²) in [7, 11) is -4.75. The molecule has 2 aromatic rings. The maximum atomic E-state index is 12.1. The number of hydrazine groups is 1. The van der Waals surface area contributed by atoms with Crippen molar-refractivity contribution in [2.75, 3.05) is 10.2 Å². The number of aromatic carboxylic acids is 1. The number of fused-ring (bicyclic) bond motifs is 1. The Kier molecular flexibility index (Phi) is 4.13. The number of nitrogens with one attached hydrogen (secondary N) is 2. The maximum absolute atomic E-state index is 12.1. The largest absolute Gasteiger partial charge is 0.478 e. The molecule has 0 radical (unpaired) electrons. The van der Waals surface area contributed by atoms with Gasteiger partial charge in [-0.05, 0) is 23.8 Å². The van der Waals surface area contributed by atoms with Crippen LogP contribution in [0.25, 0.3) is 0 Å². The number of benzene rings is 2. The van der Waals surface area contributed by atoms with E-state index in [0.29, 0.717) is 5.69 Å². The Hall–Kier alpha value is -2.66. The molecule has 25 heavy (non-hydrogen) atoms. The molecular weight excluding hydrogens is 348 g/mol. The van der Waals surface area contributed by atoms with Gasteiger partial charge in [-0.3, -0.25) is 10.4 Å². The van der Waals surface area contributed by atoms with Crippen LogP contribution in [-0.2, 0) is 16.7 Å². The first-order valence-corrected chi connectivity index (χ1v) is 8.64. The number of nitrogens with zero attached hydrogens (tertiary/aromatic N) is 1. The van der Waals surface area contributed by atoms with Crippen LogP contribution >= 0.6 is 0 Å². The summed E-state index contributed by atoms with van der Waals surface area (Å²) in [5.74, 6) is 4.30. The highest BCUT2D eigenvalue weighted by Crippen LogP contribution is 2.42. The number of rotatable bonds is 5. The molecule has 1 unspecified atom stereocenters. The number of carboxylic acid groups (broad SMARTS) is 1. The first-order valence-electron chi connectivity index (χ1n) is 7.20. The van der Waals surface area contributed by atoms with Crippen LogP contribution in [0.15, 0.2) is 48.5 Å². The summed E-state index contributed by atoms with van der Waals surface area (Å²) in [6, 6.07) is 13.0. The topological polar surface area (TPSA) is 145 Å². The summed E-state index contributed by atoms with van der Waals surface area (Å²) in [5.41, 5.74) is 3.44. The van der Waals surface area contributed by atoms with E-state index in [1.807, 2.05) is 6.07 Å². The van der Waals surface area contributed by atoms with Gasteiger partial charge in [-0.1, -0.05) is 30.3 Å². The molecule has 9 nitrogen and oxygen atoms in total. The summed E-state index contributed by atoms with van der Waals surface area (Å²) in [6.07, 6.45) is 0. The van der Waals surface area contributed by atoms with E-state index in [1.54, 1.807) is 24.3 Å². The molecule has 10 heteroatoms. The lowest BCUT2D eigenvalue weighted by atomic mass is 10.1. The highest BCUT2D eigenvalue weighted by Gasteiger charge is 2.53. The van der Waals surface area contributed by atoms with Crippen LogP contribution < -0.4 is 21.5 Å². The lowest BCUT2D eigenvalue weighted by Crippen LogP contribution is -2.68. The predicted molar refractivity (Wildman–Crippen MR) is 91.3 cm³/mol. The standard InChI is InChI=1S/C15H16N4O5S/c16-18-15(25(22,23)24)17-12-8-11(14(20)21)6-7-13(12)19(15)9-10-4-2-1-3-5-10/h1-8,17-18H,9,16H2,(H,20,21)(H,22,23,24). The van der Waals surface area contributed by atoms with E-state index in [9.17, 15) is 17.8 Å². The van der Waals surface area contributed by atoms with Gasteiger partial charge in [0.05, 0.1) is 16.9 Å². The van der Waals surface area contributed by atoms with Crippen LogP contribution in [0.3, 0.4) is 0 Å². The average molecular weight is 364 g/mol. The molecule has 0 amide bonds. The van der Waals surface area contributed by atoms with E-state index in [0.717, 1.165) is 5.56 Å². The molecule has 1 heterocycles. The molecule has 1 atom stereocenters. The van der Waals surface area contributed by atoms with Gasteiger partial charge in [0, 0.05) is 6.54 Å². The van der Waals surface area contributed by atoms with Gasteiger partial charge in [0.2, 0.25) is 0 Å². The number of nitrogens with two attached hydrogens (primary N) is 1. The Morgan fingerprint density at radius 3 is 2.48 bits per heavy atom. The third-order valence-corrected chi connectivity index (χ3v) is 5.16. The Morgan fingerprint density at radius 1 is 1.24 bits per heavy atom. The van der Waals surface area contributed by atoms with E-state index >= 15 is 0 Å². The molecule has 132 valence electrons. The maximum Gasteiger partial charge on any atom is 0.335 e. The number of carboxylic acids is 1. The van der Waals surface area contributed by atoms with Crippen molar-refractivity contribution in [3.05, 3.63) is 59.7 Å². The third-order valence-electron chi connectivity index (χ3n) is 3.97. The van der Waals surface area contributed by atoms with Crippen molar-refractivity contribution in [3.8, 4) is 0 Å². The van der Waals surface area contributed by atoms with Crippen molar-refractivity contribution in [1.82, 2.24) is 5.43 Å². The van der Waals surface area contributed by atoms with Crippen molar-refractivity contribution in [3.63, 3.8) is 0 Å². The van der Waals surface area contributed by atoms with Gasteiger partial charge in [0.25, 0.3) is 0 Å². The molecule has 0 aliphatic carbocycles. The molecule has 3 rings (SSSR count). The Bertz CT molecular complexity index is 919. The first kappa shape index (κ1) is 17.2. The zero-order chi connectivity index (χ0) is 18.2. The summed E-state index contributed by atoms with van der Waals surface area (Å²) >= 11 is 0. The molecule has 0 bridgehead atoms. The van der Waals surface area contributed by atoms with E-state index in [-0.39, 0.29) is 17.8 Å². The zero-order valence-corrected chi connectivity index (χ0v) is 13.7. The van der Waals surface area contributed by atoms with Gasteiger partial charge in [-0.25, -0.2) is 10.2 Å². The van der Waals surface area contributed by atoms with Gasteiger partial charge in [-0.2, -0.15) is 8.42 Å². The summed E-state index contributed by atoms with van der Waals surface area (Å²) in [6.45, 7) is 0.0945. The Labute approximate surface area is 143 Å². The molecule has 0 saturated carbocycles. The lowest BCUT2D eigenvalue weighted by Gasteiger charge is -2.36. The predicted octanol–water partition coefficient (Wildman–Crippen LogP) is 0.779. The minimum Gasteiger partial charge on any atom is -0.478 e. The molecule has 0 spiro atoms. The second kappa shape index (κ2) is 6.01. The SMILES string of the molecule is NNC1(S(=O)(=O)O)Nc2cc(C(=O)O)ccc2N1Cc1ccccc1. The van der Waals surface area contributed by atoms with Crippen LogP contribution in [0.2, 0.25) is 0 Å². The van der Waals surface area contributed by atoms with E-state index < -0.39 is 21.2 Å². The van der Waals surface area contributed by atoms with Crippen LogP contribution in [0.4, 0.5) is 11.4 Å². The molecule has 6 N–H and O–H groups in total. The summed E-state index contributed by atoms with van der Waals surface area (Å²) < 4.78 is 33.9. The number of carbonyl (C=O) groups is 1. The molecule has 1 aliphatic rings. The third kappa shape index (κ3) is 2.81. The van der Waals surface area contributed by atoms with Crippen molar-refractivity contribution in [1.29, 1.82) is 0 Å². The fraction of sp³-hybridized carbons (Fsp3) is 0.133. The fourth-order valence-electron chi connectivity index (χ4n) is 2.78. The fourth-order valence-corrected chi connectivity index (χ4v) is 3.61. The average Bonchev–Trinajstić information content (AvgIpc) is 2.89. The van der Waals surface area contributed by atoms with Crippen molar-refractivity contribution >= 4 is 27.5 Å². The smallest absolute Gasteiger partial charge is 0.335 e. The van der Waals surface area contributed by atoms with E-state index in [2.05, 4.69) is 10.7 Å². The van der Waals surface area contributed by atoms with Crippen LogP contribution in [0.1, 0.15) is 15.9 Å². The highest BCUT2D eigenvalue weighted by atomic mass is 32.2. The van der Waals surface area contributed by atoms with Crippen LogP contribution in [-0.4, -0.2) is 29.2 Å². The Morgan fingerprint density at radius 2 is 1.92 bits per heavy atom. The van der Waals surface area contributed by atoms with Crippen molar-refractivity contribution < 1.29 is 22.9 Å². The van der Waals surface area contributed by atoms with E-state index in [4.69, 9.17) is 10.9 Å². The second-order valence-electron chi connectivity index (χ2n) is 5.50. The number of hydrogen-bond acceptors (Lipinski definition) is 7. The van der Waals surface area contributed by atoms with Crippen molar-refractivity contribution in [2.24, 2.45) is 5.84 Å². The van der Waals surface area contributed by atoms with E-state index in [1.165, 1.54) is 23.1 Å². The van der Waals surface area contributed by atoms with Gasteiger partial charge in [-0.15, -0.1) is 0 Å². The van der Waals surface area contributed by atoms with Gasteiger partial charge in [0.1, 0.15) is 0 Å². The first-order chi connectivity index (χ1) is 11.8. The molecular formula is C15H16N4O5S. The summed E-state index contributed by atoms with van der Waals surface area (Å²) in [4.78, 5) is 12.5. The van der Waals surface area contributed by atoms with Crippen LogP contribution in [0, 0.1) is 0 Å². The molecule has 0 saturated heterocycles. The molecule has 0 fully saturated rings. The van der Waals surface area contributed by atoms with Gasteiger partial charge < -0.3 is 15.3 Å². The van der Waals surface area contributed by atoms with Crippen LogP contribution in [0.5, 0.6) is 0 Å². The second-order valence-corrected chi connectivity index (χ2v) is 7.04. The minimum absolute atomic E-state index is 0.0333. The minimum atomic E-state index is -4.75. The normalized spacial score (nSPS) is 19.4.